The minimum atomic E-state index is -4.56. The molecule has 0 saturated carbocycles. The van der Waals surface area contributed by atoms with Crippen LogP contribution < -0.4 is 5.32 Å². The Hall–Kier alpha value is -1.74. The van der Waals surface area contributed by atoms with E-state index in [-0.39, 0.29) is 12.2 Å². The maximum Gasteiger partial charge on any atom is 0.433 e. The highest BCUT2D eigenvalue weighted by Crippen LogP contribution is 2.29. The molecule has 1 amide bonds. The van der Waals surface area contributed by atoms with Crippen LogP contribution in [0.2, 0.25) is 10.2 Å². The number of aromatic nitrogens is 4. The highest BCUT2D eigenvalue weighted by molar-refractivity contribution is 6.41. The number of nitrogens with zero attached hydrogens (tertiary/aromatic N) is 4. The van der Waals surface area contributed by atoms with Crippen LogP contribution in [0.4, 0.5) is 13.2 Å². The quantitative estimate of drug-likeness (QED) is 0.806. The number of nitrogens with one attached hydrogen (secondary N) is 1. The lowest BCUT2D eigenvalue weighted by Gasteiger charge is -2.04. The van der Waals surface area contributed by atoms with Crippen LogP contribution in [-0.2, 0) is 19.8 Å². The predicted molar refractivity (Wildman–Crippen MR) is 82.1 cm³/mol. The molecule has 0 bridgehead atoms. The third kappa shape index (κ3) is 4.02. The Morgan fingerprint density at radius 2 is 2.00 bits per heavy atom. The van der Waals surface area contributed by atoms with E-state index >= 15 is 0 Å². The van der Waals surface area contributed by atoms with Crippen LogP contribution in [0.1, 0.15) is 28.3 Å². The Balaban J connectivity index is 1.89. The first-order valence-corrected chi connectivity index (χ1v) is 7.64. The Morgan fingerprint density at radius 1 is 1.33 bits per heavy atom. The SMILES string of the molecule is Cc1nn(CCCNC(=O)c2cc(C(F)(F)F)n(C)n2)c(Cl)c1Cl. The topological polar surface area (TPSA) is 64.7 Å². The van der Waals surface area contributed by atoms with Crippen molar-refractivity contribution in [3.63, 3.8) is 0 Å². The Bertz CT molecular complexity index is 754. The number of halogens is 5. The Morgan fingerprint density at radius 3 is 2.50 bits per heavy atom. The summed E-state index contributed by atoms with van der Waals surface area (Å²) in [5.41, 5.74) is -0.680. The normalized spacial score (nSPS) is 11.8. The second kappa shape index (κ2) is 7.02. The zero-order chi connectivity index (χ0) is 18.1. The highest BCUT2D eigenvalue weighted by Gasteiger charge is 2.35. The van der Waals surface area contributed by atoms with Gasteiger partial charge in [0.05, 0.1) is 5.69 Å². The molecule has 0 aliphatic carbocycles. The summed E-state index contributed by atoms with van der Waals surface area (Å²) in [7, 11) is 1.13. The summed E-state index contributed by atoms with van der Waals surface area (Å²) in [5, 5.41) is 10.9. The third-order valence-corrected chi connectivity index (χ3v) is 4.16. The summed E-state index contributed by atoms with van der Waals surface area (Å²) in [4.78, 5) is 11.8. The van der Waals surface area contributed by atoms with Crippen molar-refractivity contribution in [2.24, 2.45) is 7.05 Å². The number of hydrogen-bond donors (Lipinski definition) is 1. The second-order valence-electron chi connectivity index (χ2n) is 5.06. The summed E-state index contributed by atoms with van der Waals surface area (Å²) in [6.07, 6.45) is -4.09. The average Bonchev–Trinajstić information content (AvgIpc) is 2.99. The summed E-state index contributed by atoms with van der Waals surface area (Å²) in [5.74, 6) is -0.679. The van der Waals surface area contributed by atoms with Crippen LogP contribution in [0.25, 0.3) is 0 Å². The van der Waals surface area contributed by atoms with E-state index in [0.717, 1.165) is 7.05 Å². The number of aryl methyl sites for hydroxylation is 3. The van der Waals surface area contributed by atoms with Crippen molar-refractivity contribution in [2.75, 3.05) is 6.54 Å². The molecule has 0 unspecified atom stereocenters. The van der Waals surface area contributed by atoms with Gasteiger partial charge in [0, 0.05) is 26.2 Å². The number of rotatable bonds is 5. The van der Waals surface area contributed by atoms with Crippen molar-refractivity contribution >= 4 is 29.1 Å². The van der Waals surface area contributed by atoms with Gasteiger partial charge in [0.2, 0.25) is 0 Å². The molecule has 11 heteroatoms. The van der Waals surface area contributed by atoms with Gasteiger partial charge in [-0.2, -0.15) is 23.4 Å². The Labute approximate surface area is 145 Å². The van der Waals surface area contributed by atoms with Gasteiger partial charge < -0.3 is 5.32 Å². The fourth-order valence-electron chi connectivity index (χ4n) is 2.04. The highest BCUT2D eigenvalue weighted by atomic mass is 35.5. The largest absolute Gasteiger partial charge is 0.433 e. The molecule has 0 fully saturated rings. The molecular weight excluding hydrogens is 370 g/mol. The van der Waals surface area contributed by atoms with Crippen LogP contribution in [0.3, 0.4) is 0 Å². The van der Waals surface area contributed by atoms with Crippen molar-refractivity contribution in [3.05, 3.63) is 33.3 Å². The van der Waals surface area contributed by atoms with Gasteiger partial charge in [0.1, 0.15) is 15.9 Å². The number of amides is 1. The van der Waals surface area contributed by atoms with E-state index in [0.29, 0.717) is 39.6 Å². The van der Waals surface area contributed by atoms with Crippen LogP contribution in [0.5, 0.6) is 0 Å². The zero-order valence-electron chi connectivity index (χ0n) is 12.8. The molecular formula is C13H14Cl2F3N5O. The van der Waals surface area contributed by atoms with Crippen molar-refractivity contribution < 1.29 is 18.0 Å². The van der Waals surface area contributed by atoms with Gasteiger partial charge in [0.15, 0.2) is 5.69 Å². The molecule has 2 aromatic rings. The van der Waals surface area contributed by atoms with Gasteiger partial charge in [-0.25, -0.2) is 0 Å². The fraction of sp³-hybridized carbons (Fsp3) is 0.462. The Kier molecular flexibility index (Phi) is 5.44. The smallest absolute Gasteiger partial charge is 0.351 e. The summed E-state index contributed by atoms with van der Waals surface area (Å²) in [6, 6.07) is 0.711. The monoisotopic (exact) mass is 383 g/mol. The van der Waals surface area contributed by atoms with E-state index < -0.39 is 17.8 Å². The summed E-state index contributed by atoms with van der Waals surface area (Å²) < 4.78 is 40.1. The standard InChI is InChI=1S/C13H14Cl2F3N5O/c1-7-10(14)11(15)23(20-7)5-3-4-19-12(24)8-6-9(13(16,17)18)22(2)21-8/h6H,3-5H2,1-2H3,(H,19,24). The van der Waals surface area contributed by atoms with Crippen LogP contribution in [-0.4, -0.2) is 32.0 Å². The maximum atomic E-state index is 12.7. The molecule has 0 spiro atoms. The third-order valence-electron chi connectivity index (χ3n) is 3.23. The van der Waals surface area contributed by atoms with Gasteiger partial charge >= 0.3 is 6.18 Å². The predicted octanol–water partition coefficient (Wildman–Crippen LogP) is 3.07. The molecule has 0 radical (unpaired) electrons. The number of carbonyl (C=O) groups is 1. The van der Waals surface area contributed by atoms with Crippen molar-refractivity contribution in [2.45, 2.75) is 26.1 Å². The molecule has 1 N–H and O–H groups in total. The van der Waals surface area contributed by atoms with Gasteiger partial charge in [0.25, 0.3) is 5.91 Å². The molecule has 0 atom stereocenters. The minimum absolute atomic E-state index is 0.226. The average molecular weight is 384 g/mol. The number of hydrogen-bond acceptors (Lipinski definition) is 3. The molecule has 6 nitrogen and oxygen atoms in total. The number of carbonyl (C=O) groups excluding carboxylic acids is 1. The molecule has 0 aliphatic rings. The molecule has 2 heterocycles. The molecule has 0 aromatic carbocycles. The molecule has 132 valence electrons. The molecule has 0 saturated heterocycles. The molecule has 24 heavy (non-hydrogen) atoms. The van der Waals surface area contributed by atoms with Gasteiger partial charge in [-0.05, 0) is 13.3 Å². The first-order valence-electron chi connectivity index (χ1n) is 6.89. The van der Waals surface area contributed by atoms with E-state index in [4.69, 9.17) is 23.2 Å². The molecule has 0 aliphatic heterocycles. The van der Waals surface area contributed by atoms with Crippen LogP contribution >= 0.6 is 23.2 Å². The zero-order valence-corrected chi connectivity index (χ0v) is 14.3. The first kappa shape index (κ1) is 18.6. The van der Waals surface area contributed by atoms with Gasteiger partial charge in [-0.3, -0.25) is 14.2 Å². The van der Waals surface area contributed by atoms with Crippen LogP contribution in [0.15, 0.2) is 6.07 Å². The summed E-state index contributed by atoms with van der Waals surface area (Å²) >= 11 is 11.9. The lowest BCUT2D eigenvalue weighted by Crippen LogP contribution is -2.25. The molecule has 2 rings (SSSR count). The van der Waals surface area contributed by atoms with Gasteiger partial charge in [-0.15, -0.1) is 0 Å². The van der Waals surface area contributed by atoms with Crippen molar-refractivity contribution in [1.29, 1.82) is 0 Å². The number of alkyl halides is 3. The second-order valence-corrected chi connectivity index (χ2v) is 5.79. The van der Waals surface area contributed by atoms with E-state index in [1.165, 1.54) is 4.68 Å². The van der Waals surface area contributed by atoms with Gasteiger partial charge in [-0.1, -0.05) is 23.2 Å². The minimum Gasteiger partial charge on any atom is -0.351 e. The first-order chi connectivity index (χ1) is 11.1. The summed E-state index contributed by atoms with van der Waals surface area (Å²) in [6.45, 7) is 2.35. The van der Waals surface area contributed by atoms with E-state index in [1.807, 2.05) is 0 Å². The van der Waals surface area contributed by atoms with Crippen molar-refractivity contribution in [3.8, 4) is 0 Å². The fourth-order valence-corrected chi connectivity index (χ4v) is 2.44. The molecule has 2 aromatic heterocycles. The van der Waals surface area contributed by atoms with E-state index in [1.54, 1.807) is 6.92 Å². The van der Waals surface area contributed by atoms with E-state index in [9.17, 15) is 18.0 Å². The van der Waals surface area contributed by atoms with Crippen molar-refractivity contribution in [1.82, 2.24) is 24.9 Å². The lowest BCUT2D eigenvalue weighted by atomic mass is 10.3. The van der Waals surface area contributed by atoms with Crippen LogP contribution in [0, 0.1) is 6.92 Å². The maximum absolute atomic E-state index is 12.7. The van der Waals surface area contributed by atoms with E-state index in [2.05, 4.69) is 15.5 Å². The lowest BCUT2D eigenvalue weighted by molar-refractivity contribution is -0.143.